The molecule has 0 fully saturated rings. The van der Waals surface area contributed by atoms with Gasteiger partial charge in [-0.1, -0.05) is 44.0 Å². The minimum absolute atomic E-state index is 0.0522. The van der Waals surface area contributed by atoms with Gasteiger partial charge in [-0.2, -0.15) is 0 Å². The Morgan fingerprint density at radius 2 is 2.00 bits per heavy atom. The lowest BCUT2D eigenvalue weighted by atomic mass is 9.99. The fourth-order valence-electron chi connectivity index (χ4n) is 2.23. The van der Waals surface area contributed by atoms with Crippen LogP contribution in [-0.2, 0) is 4.79 Å². The molecule has 1 aliphatic rings. The molecule has 6 heteroatoms. The number of nitrogens with one attached hydrogen (secondary N) is 1. The summed E-state index contributed by atoms with van der Waals surface area (Å²) in [5.41, 5.74) is 8.87. The molecule has 0 spiro atoms. The second-order valence-electron chi connectivity index (χ2n) is 4.74. The standard InChI is InChI=1S/C15H12Br2N2O2/c16-9-2-3-10(11(17)6-9)15(18)8-1-4-13-12(5-8)19-14(20)7-21-13/h1-6,15H,7,18H2,(H,19,20). The van der Waals surface area contributed by atoms with Crippen molar-refractivity contribution in [2.24, 2.45) is 5.73 Å². The Labute approximate surface area is 138 Å². The largest absolute Gasteiger partial charge is 0.482 e. The average Bonchev–Trinajstić information content (AvgIpc) is 2.46. The van der Waals surface area contributed by atoms with Gasteiger partial charge < -0.3 is 15.8 Å². The molecule has 1 aliphatic heterocycles. The van der Waals surface area contributed by atoms with E-state index in [1.54, 1.807) is 0 Å². The predicted molar refractivity (Wildman–Crippen MR) is 88.4 cm³/mol. The van der Waals surface area contributed by atoms with Gasteiger partial charge in [0.25, 0.3) is 5.91 Å². The Morgan fingerprint density at radius 1 is 1.19 bits per heavy atom. The normalized spacial score (nSPS) is 14.9. The molecule has 1 amide bonds. The Bertz CT molecular complexity index is 719. The number of ether oxygens (including phenoxy) is 1. The first-order valence-corrected chi connectivity index (χ1v) is 7.90. The highest BCUT2D eigenvalue weighted by Gasteiger charge is 2.19. The van der Waals surface area contributed by atoms with Crippen molar-refractivity contribution >= 4 is 43.5 Å². The molecule has 0 saturated heterocycles. The maximum Gasteiger partial charge on any atom is 0.262 e. The van der Waals surface area contributed by atoms with Crippen LogP contribution in [0.4, 0.5) is 5.69 Å². The summed E-state index contributed by atoms with van der Waals surface area (Å²) in [4.78, 5) is 11.4. The fraction of sp³-hybridized carbons (Fsp3) is 0.133. The molecule has 108 valence electrons. The summed E-state index contributed by atoms with van der Waals surface area (Å²) in [5.74, 6) is 0.512. The summed E-state index contributed by atoms with van der Waals surface area (Å²) in [5, 5.41) is 2.79. The number of halogens is 2. The molecule has 1 atom stereocenters. The first-order chi connectivity index (χ1) is 10.0. The summed E-state index contributed by atoms with van der Waals surface area (Å²) in [7, 11) is 0. The quantitative estimate of drug-likeness (QED) is 0.793. The third-order valence-electron chi connectivity index (χ3n) is 3.29. The van der Waals surface area contributed by atoms with E-state index in [2.05, 4.69) is 37.2 Å². The van der Waals surface area contributed by atoms with Crippen molar-refractivity contribution in [1.82, 2.24) is 0 Å². The van der Waals surface area contributed by atoms with E-state index in [-0.39, 0.29) is 18.6 Å². The van der Waals surface area contributed by atoms with Gasteiger partial charge in [0.05, 0.1) is 11.7 Å². The van der Waals surface area contributed by atoms with Gasteiger partial charge in [0.15, 0.2) is 6.61 Å². The van der Waals surface area contributed by atoms with Gasteiger partial charge in [0.1, 0.15) is 5.75 Å². The number of hydrogen-bond donors (Lipinski definition) is 2. The van der Waals surface area contributed by atoms with Crippen LogP contribution in [0.1, 0.15) is 17.2 Å². The van der Waals surface area contributed by atoms with Gasteiger partial charge in [0, 0.05) is 8.95 Å². The van der Waals surface area contributed by atoms with Crippen molar-refractivity contribution < 1.29 is 9.53 Å². The zero-order chi connectivity index (χ0) is 15.0. The van der Waals surface area contributed by atoms with Crippen LogP contribution >= 0.6 is 31.9 Å². The lowest BCUT2D eigenvalue weighted by molar-refractivity contribution is -0.118. The Morgan fingerprint density at radius 3 is 2.76 bits per heavy atom. The number of amides is 1. The van der Waals surface area contributed by atoms with Crippen molar-refractivity contribution in [2.45, 2.75) is 6.04 Å². The van der Waals surface area contributed by atoms with E-state index < -0.39 is 0 Å². The first kappa shape index (κ1) is 14.6. The Hall–Kier alpha value is -1.37. The topological polar surface area (TPSA) is 64.3 Å². The molecule has 0 aliphatic carbocycles. The molecule has 1 unspecified atom stereocenters. The van der Waals surface area contributed by atoms with Gasteiger partial charge in [-0.05, 0) is 35.4 Å². The predicted octanol–water partition coefficient (Wildman–Crippen LogP) is 3.59. The molecule has 3 N–H and O–H groups in total. The van der Waals surface area contributed by atoms with E-state index in [0.29, 0.717) is 11.4 Å². The second kappa shape index (κ2) is 5.79. The van der Waals surface area contributed by atoms with Crippen molar-refractivity contribution in [3.05, 3.63) is 56.5 Å². The maximum atomic E-state index is 11.4. The van der Waals surface area contributed by atoms with Crippen molar-refractivity contribution in [2.75, 3.05) is 11.9 Å². The molecule has 2 aromatic carbocycles. The third-order valence-corrected chi connectivity index (χ3v) is 4.47. The lowest BCUT2D eigenvalue weighted by Crippen LogP contribution is -2.25. The van der Waals surface area contributed by atoms with Crippen LogP contribution in [-0.4, -0.2) is 12.5 Å². The molecule has 0 aromatic heterocycles. The lowest BCUT2D eigenvalue weighted by Gasteiger charge is -2.21. The van der Waals surface area contributed by atoms with E-state index in [0.717, 1.165) is 20.1 Å². The number of carbonyl (C=O) groups excluding carboxylic acids is 1. The van der Waals surface area contributed by atoms with E-state index in [4.69, 9.17) is 10.5 Å². The summed E-state index contributed by atoms with van der Waals surface area (Å²) < 4.78 is 7.26. The highest BCUT2D eigenvalue weighted by Crippen LogP contribution is 2.34. The monoisotopic (exact) mass is 410 g/mol. The number of hydrogen-bond acceptors (Lipinski definition) is 3. The second-order valence-corrected chi connectivity index (χ2v) is 6.51. The summed E-state index contributed by atoms with van der Waals surface area (Å²) in [6, 6.07) is 11.2. The summed E-state index contributed by atoms with van der Waals surface area (Å²) >= 11 is 6.95. The molecular weight excluding hydrogens is 400 g/mol. The zero-order valence-electron chi connectivity index (χ0n) is 10.9. The third kappa shape index (κ3) is 2.97. The van der Waals surface area contributed by atoms with Gasteiger partial charge >= 0.3 is 0 Å². The summed E-state index contributed by atoms with van der Waals surface area (Å²) in [6.45, 7) is 0.0522. The maximum absolute atomic E-state index is 11.4. The van der Waals surface area contributed by atoms with Crippen LogP contribution < -0.4 is 15.8 Å². The minimum atomic E-state index is -0.295. The SMILES string of the molecule is NC(c1ccc2c(c1)NC(=O)CO2)c1ccc(Br)cc1Br. The highest BCUT2D eigenvalue weighted by atomic mass is 79.9. The molecule has 21 heavy (non-hydrogen) atoms. The Balaban J connectivity index is 1.96. The van der Waals surface area contributed by atoms with E-state index in [9.17, 15) is 4.79 Å². The van der Waals surface area contributed by atoms with Crippen LogP contribution in [0.3, 0.4) is 0 Å². The number of rotatable bonds is 2. The molecule has 0 radical (unpaired) electrons. The van der Waals surface area contributed by atoms with Crippen molar-refractivity contribution in [3.63, 3.8) is 0 Å². The fourth-order valence-corrected chi connectivity index (χ4v) is 3.52. The number of anilines is 1. The summed E-state index contributed by atoms with van der Waals surface area (Å²) in [6.07, 6.45) is 0. The smallest absolute Gasteiger partial charge is 0.262 e. The van der Waals surface area contributed by atoms with Gasteiger partial charge in [-0.15, -0.1) is 0 Å². The molecule has 0 bridgehead atoms. The van der Waals surface area contributed by atoms with Crippen LogP contribution in [0.15, 0.2) is 45.3 Å². The van der Waals surface area contributed by atoms with Gasteiger partial charge in [0.2, 0.25) is 0 Å². The van der Waals surface area contributed by atoms with Crippen LogP contribution in [0, 0.1) is 0 Å². The van der Waals surface area contributed by atoms with Gasteiger partial charge in [-0.3, -0.25) is 4.79 Å². The molecule has 4 nitrogen and oxygen atoms in total. The molecule has 1 heterocycles. The van der Waals surface area contributed by atoms with Crippen molar-refractivity contribution in [1.29, 1.82) is 0 Å². The molecule has 2 aromatic rings. The van der Waals surface area contributed by atoms with E-state index >= 15 is 0 Å². The van der Waals surface area contributed by atoms with E-state index in [1.807, 2.05) is 36.4 Å². The molecule has 3 rings (SSSR count). The van der Waals surface area contributed by atoms with Crippen LogP contribution in [0.5, 0.6) is 5.75 Å². The number of fused-ring (bicyclic) bond motifs is 1. The molecule has 0 saturated carbocycles. The number of nitrogens with two attached hydrogens (primary N) is 1. The molecular formula is C15H12Br2N2O2. The van der Waals surface area contributed by atoms with Crippen LogP contribution in [0.25, 0.3) is 0 Å². The number of carbonyl (C=O) groups is 1. The van der Waals surface area contributed by atoms with Crippen molar-refractivity contribution in [3.8, 4) is 5.75 Å². The van der Waals surface area contributed by atoms with Crippen LogP contribution in [0.2, 0.25) is 0 Å². The first-order valence-electron chi connectivity index (χ1n) is 6.32. The number of benzene rings is 2. The van der Waals surface area contributed by atoms with E-state index in [1.165, 1.54) is 0 Å². The minimum Gasteiger partial charge on any atom is -0.482 e. The Kier molecular flexibility index (Phi) is 4.01. The zero-order valence-corrected chi connectivity index (χ0v) is 14.1. The van der Waals surface area contributed by atoms with Gasteiger partial charge in [-0.25, -0.2) is 0 Å². The highest BCUT2D eigenvalue weighted by molar-refractivity contribution is 9.11. The average molecular weight is 412 g/mol.